The standard InChI is InChI=1S/C21H26N2O5/c1-4-27-17-9-7-15(8-10-17)12-16(21(25)26)13-23-20(24)19-18(28-14(2)3)6-5-11-22-19/h5-11,14,16H,4,12-13H2,1-3H3,(H,23,24)(H,25,26). The van der Waals surface area contributed by atoms with E-state index >= 15 is 0 Å². The summed E-state index contributed by atoms with van der Waals surface area (Å²) < 4.78 is 11.0. The van der Waals surface area contributed by atoms with Gasteiger partial charge in [0.15, 0.2) is 11.4 Å². The number of carbonyl (C=O) groups excluding carboxylic acids is 1. The molecule has 0 aliphatic rings. The number of carboxylic acid groups (broad SMARTS) is 1. The molecule has 0 saturated heterocycles. The second-order valence-electron chi connectivity index (χ2n) is 6.54. The van der Waals surface area contributed by atoms with Gasteiger partial charge >= 0.3 is 5.97 Å². The summed E-state index contributed by atoms with van der Waals surface area (Å²) in [7, 11) is 0. The number of amides is 1. The van der Waals surface area contributed by atoms with Crippen LogP contribution in [0.3, 0.4) is 0 Å². The Labute approximate surface area is 164 Å². The van der Waals surface area contributed by atoms with Crippen molar-refractivity contribution in [2.75, 3.05) is 13.2 Å². The first-order valence-electron chi connectivity index (χ1n) is 9.25. The Morgan fingerprint density at radius 2 is 1.89 bits per heavy atom. The van der Waals surface area contributed by atoms with Gasteiger partial charge in [-0.3, -0.25) is 9.59 Å². The third-order valence-corrected chi connectivity index (χ3v) is 3.92. The fraction of sp³-hybridized carbons (Fsp3) is 0.381. The third kappa shape index (κ3) is 6.26. The Hall–Kier alpha value is -3.09. The summed E-state index contributed by atoms with van der Waals surface area (Å²) in [4.78, 5) is 28.2. The summed E-state index contributed by atoms with van der Waals surface area (Å²) in [5, 5.41) is 12.2. The molecule has 7 nitrogen and oxygen atoms in total. The molecule has 1 atom stereocenters. The number of carboxylic acids is 1. The van der Waals surface area contributed by atoms with Gasteiger partial charge in [-0.1, -0.05) is 12.1 Å². The van der Waals surface area contributed by atoms with Crippen molar-refractivity contribution in [2.24, 2.45) is 5.92 Å². The van der Waals surface area contributed by atoms with Crippen molar-refractivity contribution in [3.63, 3.8) is 0 Å². The molecule has 1 heterocycles. The Balaban J connectivity index is 2.01. The summed E-state index contributed by atoms with van der Waals surface area (Å²) in [5.41, 5.74) is 0.994. The van der Waals surface area contributed by atoms with Gasteiger partial charge in [0.25, 0.3) is 5.91 Å². The smallest absolute Gasteiger partial charge is 0.308 e. The second kappa shape index (κ2) is 10.3. The average molecular weight is 386 g/mol. The molecule has 0 spiro atoms. The number of carbonyl (C=O) groups is 2. The minimum atomic E-state index is -0.978. The maximum absolute atomic E-state index is 12.5. The van der Waals surface area contributed by atoms with E-state index in [0.29, 0.717) is 18.8 Å². The van der Waals surface area contributed by atoms with Crippen LogP contribution in [0.5, 0.6) is 11.5 Å². The Morgan fingerprint density at radius 3 is 2.50 bits per heavy atom. The normalized spacial score (nSPS) is 11.7. The molecule has 1 aromatic carbocycles. The van der Waals surface area contributed by atoms with Crippen LogP contribution in [0, 0.1) is 5.92 Å². The van der Waals surface area contributed by atoms with Gasteiger partial charge in [-0.2, -0.15) is 0 Å². The number of nitrogens with one attached hydrogen (secondary N) is 1. The molecule has 150 valence electrons. The molecular weight excluding hydrogens is 360 g/mol. The number of ether oxygens (including phenoxy) is 2. The lowest BCUT2D eigenvalue weighted by Gasteiger charge is -2.16. The lowest BCUT2D eigenvalue weighted by molar-refractivity contribution is -0.141. The molecule has 0 aliphatic heterocycles. The quantitative estimate of drug-likeness (QED) is 0.652. The van der Waals surface area contributed by atoms with Crippen molar-refractivity contribution in [1.29, 1.82) is 0 Å². The molecule has 0 radical (unpaired) electrons. The minimum absolute atomic E-state index is 0.0148. The second-order valence-corrected chi connectivity index (χ2v) is 6.54. The topological polar surface area (TPSA) is 97.8 Å². The summed E-state index contributed by atoms with van der Waals surface area (Å²) in [6.07, 6.45) is 1.68. The molecule has 1 aromatic heterocycles. The first kappa shape index (κ1) is 21.2. The molecule has 2 rings (SSSR count). The Kier molecular flexibility index (Phi) is 7.80. The number of aromatic nitrogens is 1. The van der Waals surface area contributed by atoms with Crippen LogP contribution in [0.2, 0.25) is 0 Å². The largest absolute Gasteiger partial charge is 0.494 e. The molecule has 0 bridgehead atoms. The fourth-order valence-corrected chi connectivity index (χ4v) is 2.63. The fourth-order valence-electron chi connectivity index (χ4n) is 2.63. The van der Waals surface area contributed by atoms with E-state index in [1.165, 1.54) is 6.20 Å². The molecule has 2 N–H and O–H groups in total. The van der Waals surface area contributed by atoms with Crippen molar-refractivity contribution >= 4 is 11.9 Å². The highest BCUT2D eigenvalue weighted by atomic mass is 16.5. The van der Waals surface area contributed by atoms with Crippen molar-refractivity contribution in [3.05, 3.63) is 53.9 Å². The number of aliphatic carboxylic acids is 1. The number of benzene rings is 1. The first-order chi connectivity index (χ1) is 13.4. The highest BCUT2D eigenvalue weighted by molar-refractivity contribution is 5.95. The monoisotopic (exact) mass is 386 g/mol. The Bertz CT molecular complexity index is 790. The van der Waals surface area contributed by atoms with Crippen molar-refractivity contribution < 1.29 is 24.2 Å². The van der Waals surface area contributed by atoms with Crippen LogP contribution in [0.25, 0.3) is 0 Å². The van der Waals surface area contributed by atoms with Gasteiger partial charge in [-0.25, -0.2) is 4.98 Å². The van der Waals surface area contributed by atoms with Gasteiger partial charge in [0.1, 0.15) is 5.75 Å². The van der Waals surface area contributed by atoms with E-state index in [2.05, 4.69) is 10.3 Å². The minimum Gasteiger partial charge on any atom is -0.494 e. The van der Waals surface area contributed by atoms with Crippen molar-refractivity contribution in [3.8, 4) is 11.5 Å². The molecular formula is C21H26N2O5. The van der Waals surface area contributed by atoms with Gasteiger partial charge in [0.2, 0.25) is 0 Å². The Morgan fingerprint density at radius 1 is 1.18 bits per heavy atom. The number of rotatable bonds is 10. The molecule has 0 fully saturated rings. The van der Waals surface area contributed by atoms with Crippen LogP contribution in [-0.4, -0.2) is 41.2 Å². The molecule has 28 heavy (non-hydrogen) atoms. The zero-order valence-corrected chi connectivity index (χ0v) is 16.3. The van der Waals surface area contributed by atoms with Crippen LogP contribution in [-0.2, 0) is 11.2 Å². The van der Waals surface area contributed by atoms with Crippen LogP contribution in [0.1, 0.15) is 36.8 Å². The maximum Gasteiger partial charge on any atom is 0.308 e. The molecule has 2 aromatic rings. The zero-order chi connectivity index (χ0) is 20.5. The highest BCUT2D eigenvalue weighted by Crippen LogP contribution is 2.18. The summed E-state index contributed by atoms with van der Waals surface area (Å²) in [5.74, 6) is -1.10. The predicted octanol–water partition coefficient (Wildman–Crippen LogP) is 2.94. The zero-order valence-electron chi connectivity index (χ0n) is 16.3. The van der Waals surface area contributed by atoms with E-state index in [4.69, 9.17) is 9.47 Å². The lowest BCUT2D eigenvalue weighted by atomic mass is 9.99. The molecule has 1 amide bonds. The van der Waals surface area contributed by atoms with Crippen LogP contribution < -0.4 is 14.8 Å². The van der Waals surface area contributed by atoms with Crippen LogP contribution in [0.4, 0.5) is 0 Å². The van der Waals surface area contributed by atoms with Gasteiger partial charge < -0.3 is 19.9 Å². The van der Waals surface area contributed by atoms with E-state index in [9.17, 15) is 14.7 Å². The van der Waals surface area contributed by atoms with Gasteiger partial charge in [-0.15, -0.1) is 0 Å². The van der Waals surface area contributed by atoms with Gasteiger partial charge in [-0.05, 0) is 57.0 Å². The maximum atomic E-state index is 12.5. The van der Waals surface area contributed by atoms with E-state index < -0.39 is 17.8 Å². The summed E-state index contributed by atoms with van der Waals surface area (Å²) in [6.45, 7) is 6.16. The van der Waals surface area contributed by atoms with Crippen molar-refractivity contribution in [1.82, 2.24) is 10.3 Å². The lowest BCUT2D eigenvalue weighted by Crippen LogP contribution is -2.34. The molecule has 0 aliphatic carbocycles. The highest BCUT2D eigenvalue weighted by Gasteiger charge is 2.21. The van der Waals surface area contributed by atoms with Gasteiger partial charge in [0, 0.05) is 12.7 Å². The van der Waals surface area contributed by atoms with E-state index in [1.54, 1.807) is 24.3 Å². The summed E-state index contributed by atoms with van der Waals surface area (Å²) in [6, 6.07) is 10.6. The molecule has 1 unspecified atom stereocenters. The predicted molar refractivity (Wildman–Crippen MR) is 105 cm³/mol. The van der Waals surface area contributed by atoms with Crippen molar-refractivity contribution in [2.45, 2.75) is 33.3 Å². The van der Waals surface area contributed by atoms with Crippen LogP contribution in [0.15, 0.2) is 42.6 Å². The number of hydrogen-bond acceptors (Lipinski definition) is 5. The molecule has 0 saturated carbocycles. The summed E-state index contributed by atoms with van der Waals surface area (Å²) >= 11 is 0. The van der Waals surface area contributed by atoms with Crippen LogP contribution >= 0.6 is 0 Å². The van der Waals surface area contributed by atoms with E-state index in [-0.39, 0.29) is 18.3 Å². The number of pyridine rings is 1. The number of hydrogen-bond donors (Lipinski definition) is 2. The number of nitrogens with zero attached hydrogens (tertiary/aromatic N) is 1. The molecule has 7 heteroatoms. The first-order valence-corrected chi connectivity index (χ1v) is 9.25. The SMILES string of the molecule is CCOc1ccc(CC(CNC(=O)c2ncccc2OC(C)C)C(=O)O)cc1. The third-order valence-electron chi connectivity index (χ3n) is 3.92. The average Bonchev–Trinajstić information content (AvgIpc) is 2.66. The van der Waals surface area contributed by atoms with E-state index in [0.717, 1.165) is 11.3 Å². The van der Waals surface area contributed by atoms with Gasteiger partial charge in [0.05, 0.1) is 18.6 Å². The van der Waals surface area contributed by atoms with E-state index in [1.807, 2.05) is 32.9 Å².